The maximum absolute atomic E-state index is 12.0. The lowest BCUT2D eigenvalue weighted by Crippen LogP contribution is -2.36. The van der Waals surface area contributed by atoms with Crippen molar-refractivity contribution >= 4 is 23.3 Å². The number of carbonyl (C=O) groups is 2. The molecule has 1 aromatic rings. The highest BCUT2D eigenvalue weighted by Crippen LogP contribution is 2.15. The van der Waals surface area contributed by atoms with Crippen molar-refractivity contribution in [2.45, 2.75) is 25.7 Å². The van der Waals surface area contributed by atoms with E-state index in [1.165, 1.54) is 18.7 Å². The number of hydrogen-bond donors (Lipinski definition) is 3. The fourth-order valence-electron chi connectivity index (χ4n) is 2.40. The van der Waals surface area contributed by atoms with E-state index in [-0.39, 0.29) is 11.5 Å². The Labute approximate surface area is 123 Å². The number of rotatable bonds is 5. The van der Waals surface area contributed by atoms with Crippen molar-refractivity contribution in [1.82, 2.24) is 9.88 Å². The Hall–Kier alpha value is -2.31. The smallest absolute Gasteiger partial charge is 0.252 e. The molecule has 114 valence electrons. The lowest BCUT2D eigenvalue weighted by Gasteiger charge is -2.26. The second kappa shape index (κ2) is 6.92. The Balaban J connectivity index is 1.88. The molecule has 0 radical (unpaired) electrons. The molecule has 1 fully saturated rings. The minimum absolute atomic E-state index is 0.123. The number of primary amides is 1. The predicted molar refractivity (Wildman–Crippen MR) is 80.7 cm³/mol. The highest BCUT2D eigenvalue weighted by molar-refractivity contribution is 5.98. The first-order valence-electron chi connectivity index (χ1n) is 7.15. The molecule has 0 spiro atoms. The van der Waals surface area contributed by atoms with Crippen LogP contribution in [0.5, 0.6) is 0 Å². The monoisotopic (exact) mass is 291 g/mol. The van der Waals surface area contributed by atoms with Crippen molar-refractivity contribution < 1.29 is 9.59 Å². The Kier molecular flexibility index (Phi) is 4.97. The number of nitrogen functional groups attached to an aromatic ring is 1. The van der Waals surface area contributed by atoms with E-state index in [4.69, 9.17) is 11.5 Å². The zero-order valence-corrected chi connectivity index (χ0v) is 12.0. The molecule has 21 heavy (non-hydrogen) atoms. The van der Waals surface area contributed by atoms with Gasteiger partial charge < -0.3 is 21.7 Å². The molecule has 1 aliphatic rings. The van der Waals surface area contributed by atoms with Crippen LogP contribution in [0, 0.1) is 0 Å². The summed E-state index contributed by atoms with van der Waals surface area (Å²) < 4.78 is 0. The molecular weight excluding hydrogens is 270 g/mol. The minimum atomic E-state index is -0.598. The number of aromatic nitrogens is 1. The van der Waals surface area contributed by atoms with Crippen LogP contribution in [0.2, 0.25) is 0 Å². The Morgan fingerprint density at radius 1 is 1.29 bits per heavy atom. The molecular formula is C14H21N5O2. The van der Waals surface area contributed by atoms with Gasteiger partial charge in [0.2, 0.25) is 5.91 Å². The average molecular weight is 291 g/mol. The van der Waals surface area contributed by atoms with E-state index in [0.29, 0.717) is 24.5 Å². The first kappa shape index (κ1) is 15.1. The van der Waals surface area contributed by atoms with E-state index in [9.17, 15) is 9.59 Å². The van der Waals surface area contributed by atoms with Gasteiger partial charge in [0.05, 0.1) is 17.4 Å². The molecule has 0 saturated carbocycles. The van der Waals surface area contributed by atoms with Gasteiger partial charge in [-0.25, -0.2) is 4.98 Å². The number of nitrogens with two attached hydrogens (primary N) is 2. The summed E-state index contributed by atoms with van der Waals surface area (Å²) in [6, 6.07) is 1.48. The summed E-state index contributed by atoms with van der Waals surface area (Å²) in [4.78, 5) is 29.3. The van der Waals surface area contributed by atoms with Gasteiger partial charge in [-0.3, -0.25) is 9.59 Å². The number of carbonyl (C=O) groups excluding carboxylic acids is 2. The third kappa shape index (κ3) is 4.08. The van der Waals surface area contributed by atoms with E-state index in [1.54, 1.807) is 0 Å². The molecule has 0 bridgehead atoms. The topological polar surface area (TPSA) is 114 Å². The minimum Gasteiger partial charge on any atom is -0.397 e. The predicted octanol–water partition coefficient (Wildman–Crippen LogP) is 0.577. The third-order valence-corrected chi connectivity index (χ3v) is 3.51. The van der Waals surface area contributed by atoms with Gasteiger partial charge >= 0.3 is 0 Å². The van der Waals surface area contributed by atoms with Gasteiger partial charge in [0.1, 0.15) is 5.82 Å². The number of hydrogen-bond acceptors (Lipinski definition) is 5. The molecule has 1 aromatic heterocycles. The maximum Gasteiger partial charge on any atom is 0.252 e. The number of piperidine rings is 1. The lowest BCUT2D eigenvalue weighted by molar-refractivity contribution is -0.131. The zero-order valence-electron chi connectivity index (χ0n) is 12.0. The first-order valence-corrected chi connectivity index (χ1v) is 7.15. The number of anilines is 2. The van der Waals surface area contributed by atoms with E-state index in [2.05, 4.69) is 10.3 Å². The van der Waals surface area contributed by atoms with Crippen LogP contribution in [0.15, 0.2) is 12.3 Å². The Bertz CT molecular complexity index is 526. The van der Waals surface area contributed by atoms with Gasteiger partial charge in [0.15, 0.2) is 0 Å². The molecule has 5 N–H and O–H groups in total. The van der Waals surface area contributed by atoms with Gasteiger partial charge in [0, 0.05) is 26.1 Å². The quantitative estimate of drug-likeness (QED) is 0.734. The summed E-state index contributed by atoms with van der Waals surface area (Å²) in [5, 5.41) is 2.98. The summed E-state index contributed by atoms with van der Waals surface area (Å²) in [7, 11) is 0. The molecule has 0 aromatic carbocycles. The number of likely N-dealkylation sites (tertiary alicyclic amines) is 1. The number of nitrogens with one attached hydrogen (secondary N) is 1. The van der Waals surface area contributed by atoms with Crippen LogP contribution in [0.1, 0.15) is 36.0 Å². The normalized spacial score (nSPS) is 14.8. The molecule has 7 nitrogen and oxygen atoms in total. The first-order chi connectivity index (χ1) is 10.1. The van der Waals surface area contributed by atoms with Crippen LogP contribution in [0.3, 0.4) is 0 Å². The van der Waals surface area contributed by atoms with Crippen molar-refractivity contribution in [1.29, 1.82) is 0 Å². The summed E-state index contributed by atoms with van der Waals surface area (Å²) in [5.41, 5.74) is 11.5. The van der Waals surface area contributed by atoms with E-state index in [0.717, 1.165) is 25.9 Å². The average Bonchev–Trinajstić information content (AvgIpc) is 2.49. The highest BCUT2D eigenvalue weighted by atomic mass is 16.2. The zero-order chi connectivity index (χ0) is 15.2. The number of nitrogens with zero attached hydrogens (tertiary/aromatic N) is 2. The largest absolute Gasteiger partial charge is 0.397 e. The van der Waals surface area contributed by atoms with Crippen molar-refractivity contribution in [2.75, 3.05) is 30.7 Å². The Morgan fingerprint density at radius 2 is 2.00 bits per heavy atom. The van der Waals surface area contributed by atoms with Crippen LogP contribution in [-0.2, 0) is 4.79 Å². The highest BCUT2D eigenvalue weighted by Gasteiger charge is 2.16. The van der Waals surface area contributed by atoms with E-state index >= 15 is 0 Å². The van der Waals surface area contributed by atoms with Gasteiger partial charge in [-0.15, -0.1) is 0 Å². The Morgan fingerprint density at radius 3 is 2.67 bits per heavy atom. The van der Waals surface area contributed by atoms with Crippen LogP contribution < -0.4 is 16.8 Å². The SMILES string of the molecule is NC(=O)c1cc(N)cnc1NCCC(=O)N1CCCCC1. The fraction of sp³-hybridized carbons (Fsp3) is 0.500. The summed E-state index contributed by atoms with van der Waals surface area (Å²) in [6.45, 7) is 2.09. The summed E-state index contributed by atoms with van der Waals surface area (Å²) >= 11 is 0. The second-order valence-electron chi connectivity index (χ2n) is 5.15. The van der Waals surface area contributed by atoms with Crippen LogP contribution in [0.4, 0.5) is 11.5 Å². The van der Waals surface area contributed by atoms with Crippen molar-refractivity contribution in [3.8, 4) is 0 Å². The number of pyridine rings is 1. The van der Waals surface area contributed by atoms with Gasteiger partial charge in [-0.2, -0.15) is 0 Å². The van der Waals surface area contributed by atoms with E-state index < -0.39 is 5.91 Å². The van der Waals surface area contributed by atoms with Crippen molar-refractivity contribution in [3.63, 3.8) is 0 Å². The van der Waals surface area contributed by atoms with Crippen molar-refractivity contribution in [3.05, 3.63) is 17.8 Å². The standard InChI is InChI=1S/C14H21N5O2/c15-10-8-11(13(16)21)14(18-9-10)17-5-4-12(20)19-6-2-1-3-7-19/h8-9H,1-7,15H2,(H2,16,21)(H,17,18). The van der Waals surface area contributed by atoms with Crippen LogP contribution in [-0.4, -0.2) is 41.3 Å². The van der Waals surface area contributed by atoms with Gasteiger partial charge in [0.25, 0.3) is 5.91 Å². The molecule has 7 heteroatoms. The summed E-state index contributed by atoms with van der Waals surface area (Å²) in [6.07, 6.45) is 5.15. The molecule has 2 heterocycles. The molecule has 0 unspecified atom stereocenters. The van der Waals surface area contributed by atoms with Crippen LogP contribution in [0.25, 0.3) is 0 Å². The molecule has 0 aliphatic carbocycles. The summed E-state index contributed by atoms with van der Waals surface area (Å²) in [5.74, 6) is -0.110. The fourth-order valence-corrected chi connectivity index (χ4v) is 2.40. The van der Waals surface area contributed by atoms with Gasteiger partial charge in [-0.05, 0) is 25.3 Å². The third-order valence-electron chi connectivity index (χ3n) is 3.51. The molecule has 2 rings (SSSR count). The van der Waals surface area contributed by atoms with E-state index in [1.807, 2.05) is 4.90 Å². The molecule has 2 amide bonds. The molecule has 0 atom stereocenters. The van der Waals surface area contributed by atoms with Gasteiger partial charge in [-0.1, -0.05) is 0 Å². The lowest BCUT2D eigenvalue weighted by atomic mass is 10.1. The molecule has 1 saturated heterocycles. The van der Waals surface area contributed by atoms with Crippen molar-refractivity contribution in [2.24, 2.45) is 5.73 Å². The second-order valence-corrected chi connectivity index (χ2v) is 5.15. The van der Waals surface area contributed by atoms with Crippen LogP contribution >= 0.6 is 0 Å². The molecule has 1 aliphatic heterocycles. The maximum atomic E-state index is 12.0. The number of amides is 2.